The third kappa shape index (κ3) is 2.03. The molecule has 0 aliphatic rings. The first-order valence-electron chi connectivity index (χ1n) is 4.41. The van der Waals surface area contributed by atoms with Crippen molar-refractivity contribution < 1.29 is 9.13 Å². The molecule has 1 aromatic carbocycles. The summed E-state index contributed by atoms with van der Waals surface area (Å²) in [4.78, 5) is 0. The molecule has 0 amide bonds. The van der Waals surface area contributed by atoms with Crippen molar-refractivity contribution in [3.8, 4) is 5.75 Å². The highest BCUT2D eigenvalue weighted by atomic mass is 32.2. The van der Waals surface area contributed by atoms with Crippen LogP contribution in [-0.2, 0) is 4.75 Å². The van der Waals surface area contributed by atoms with Crippen LogP contribution in [0.2, 0.25) is 0 Å². The van der Waals surface area contributed by atoms with Gasteiger partial charge < -0.3 is 4.74 Å². The summed E-state index contributed by atoms with van der Waals surface area (Å²) < 4.78 is 18.5. The Hall–Kier alpha value is -0.700. The van der Waals surface area contributed by atoms with Gasteiger partial charge in [-0.2, -0.15) is 11.8 Å². The van der Waals surface area contributed by atoms with Crippen LogP contribution in [0.15, 0.2) is 18.2 Å². The van der Waals surface area contributed by atoms with Crippen molar-refractivity contribution >= 4 is 11.8 Å². The summed E-state index contributed by atoms with van der Waals surface area (Å²) in [6.07, 6.45) is 1.96. The number of hydrogen-bond acceptors (Lipinski definition) is 2. The van der Waals surface area contributed by atoms with E-state index in [1.165, 1.54) is 6.07 Å². The number of ether oxygens (including phenoxy) is 1. The van der Waals surface area contributed by atoms with Gasteiger partial charge in [0.25, 0.3) is 0 Å². The largest absolute Gasteiger partial charge is 0.496 e. The normalized spacial score (nSPS) is 11.5. The van der Waals surface area contributed by atoms with Gasteiger partial charge in [-0.3, -0.25) is 0 Å². The third-order valence-corrected chi connectivity index (χ3v) is 3.53. The SMILES string of the molecule is COc1cccc(F)c1C(C)(C)SC. The summed E-state index contributed by atoms with van der Waals surface area (Å²) >= 11 is 1.60. The topological polar surface area (TPSA) is 9.23 Å². The van der Waals surface area contributed by atoms with Crippen molar-refractivity contribution in [2.45, 2.75) is 18.6 Å². The Morgan fingerprint density at radius 3 is 2.50 bits per heavy atom. The number of thioether (sulfide) groups is 1. The molecule has 78 valence electrons. The number of methoxy groups -OCH3 is 1. The average Bonchev–Trinajstić information content (AvgIpc) is 2.17. The van der Waals surface area contributed by atoms with E-state index in [2.05, 4.69) is 0 Å². The van der Waals surface area contributed by atoms with E-state index in [1.807, 2.05) is 20.1 Å². The van der Waals surface area contributed by atoms with Crippen molar-refractivity contribution in [2.24, 2.45) is 0 Å². The van der Waals surface area contributed by atoms with Crippen LogP contribution >= 0.6 is 11.8 Å². The first-order valence-corrected chi connectivity index (χ1v) is 5.63. The van der Waals surface area contributed by atoms with Gasteiger partial charge in [0.2, 0.25) is 0 Å². The van der Waals surface area contributed by atoms with E-state index in [1.54, 1.807) is 31.0 Å². The molecular formula is C11H15FOS. The molecule has 0 atom stereocenters. The summed E-state index contributed by atoms with van der Waals surface area (Å²) in [5.74, 6) is 0.410. The fraction of sp³-hybridized carbons (Fsp3) is 0.455. The molecular weight excluding hydrogens is 199 g/mol. The molecule has 14 heavy (non-hydrogen) atoms. The molecule has 1 aromatic rings. The molecule has 0 spiro atoms. The lowest BCUT2D eigenvalue weighted by Crippen LogP contribution is -2.15. The van der Waals surface area contributed by atoms with Crippen LogP contribution in [0.1, 0.15) is 19.4 Å². The molecule has 0 saturated heterocycles. The molecule has 0 N–H and O–H groups in total. The summed E-state index contributed by atoms with van der Waals surface area (Å²) in [6, 6.07) is 4.92. The maximum Gasteiger partial charge on any atom is 0.131 e. The Kier molecular flexibility index (Phi) is 3.43. The van der Waals surface area contributed by atoms with Crippen LogP contribution in [0, 0.1) is 5.82 Å². The second-order valence-electron chi connectivity index (χ2n) is 3.53. The van der Waals surface area contributed by atoms with E-state index in [0.29, 0.717) is 11.3 Å². The molecule has 1 rings (SSSR count). The van der Waals surface area contributed by atoms with Gasteiger partial charge >= 0.3 is 0 Å². The van der Waals surface area contributed by atoms with Gasteiger partial charge in [-0.1, -0.05) is 6.07 Å². The average molecular weight is 214 g/mol. The van der Waals surface area contributed by atoms with Gasteiger partial charge in [-0.05, 0) is 32.2 Å². The number of rotatable bonds is 3. The highest BCUT2D eigenvalue weighted by Crippen LogP contribution is 2.40. The lowest BCUT2D eigenvalue weighted by molar-refractivity contribution is 0.399. The predicted octanol–water partition coefficient (Wildman–Crippen LogP) is 3.43. The molecule has 1 nitrogen and oxygen atoms in total. The number of halogens is 1. The summed E-state index contributed by atoms with van der Waals surface area (Å²) in [6.45, 7) is 3.97. The molecule has 0 unspecified atom stereocenters. The zero-order valence-electron chi connectivity index (χ0n) is 8.93. The fourth-order valence-corrected chi connectivity index (χ4v) is 1.76. The lowest BCUT2D eigenvalue weighted by atomic mass is 10.0. The van der Waals surface area contributed by atoms with Crippen molar-refractivity contribution in [2.75, 3.05) is 13.4 Å². The Bertz CT molecular complexity index is 323. The maximum absolute atomic E-state index is 13.6. The minimum absolute atomic E-state index is 0.205. The lowest BCUT2D eigenvalue weighted by Gasteiger charge is -2.25. The molecule has 3 heteroatoms. The number of hydrogen-bond donors (Lipinski definition) is 0. The monoisotopic (exact) mass is 214 g/mol. The predicted molar refractivity (Wildman–Crippen MR) is 59.5 cm³/mol. The highest BCUT2D eigenvalue weighted by molar-refractivity contribution is 7.99. The van der Waals surface area contributed by atoms with E-state index in [9.17, 15) is 4.39 Å². The van der Waals surface area contributed by atoms with Crippen molar-refractivity contribution in [3.63, 3.8) is 0 Å². The molecule has 0 radical (unpaired) electrons. The molecule has 0 heterocycles. The zero-order valence-corrected chi connectivity index (χ0v) is 9.74. The Morgan fingerprint density at radius 2 is 2.00 bits per heavy atom. The molecule has 0 aliphatic heterocycles. The van der Waals surface area contributed by atoms with Gasteiger partial charge in [0, 0.05) is 10.3 Å². The molecule has 0 bridgehead atoms. The van der Waals surface area contributed by atoms with Crippen molar-refractivity contribution in [3.05, 3.63) is 29.6 Å². The van der Waals surface area contributed by atoms with E-state index in [4.69, 9.17) is 4.74 Å². The fourth-order valence-electron chi connectivity index (χ4n) is 1.36. The standard InChI is InChI=1S/C11H15FOS/c1-11(2,14-4)10-8(12)6-5-7-9(10)13-3/h5-7H,1-4H3. The van der Waals surface area contributed by atoms with Crippen LogP contribution in [0.25, 0.3) is 0 Å². The minimum Gasteiger partial charge on any atom is -0.496 e. The van der Waals surface area contributed by atoms with Gasteiger partial charge in [-0.15, -0.1) is 0 Å². The van der Waals surface area contributed by atoms with E-state index < -0.39 is 0 Å². The summed E-state index contributed by atoms with van der Waals surface area (Å²) in [7, 11) is 1.56. The minimum atomic E-state index is -0.267. The second kappa shape index (κ2) is 4.22. The highest BCUT2D eigenvalue weighted by Gasteiger charge is 2.26. The first-order chi connectivity index (χ1) is 6.53. The molecule has 0 fully saturated rings. The quantitative estimate of drug-likeness (QED) is 0.762. The van der Waals surface area contributed by atoms with Crippen molar-refractivity contribution in [1.29, 1.82) is 0 Å². The molecule has 0 aliphatic carbocycles. The Balaban J connectivity index is 3.30. The van der Waals surface area contributed by atoms with E-state index >= 15 is 0 Å². The van der Waals surface area contributed by atoms with Gasteiger partial charge in [0.1, 0.15) is 11.6 Å². The van der Waals surface area contributed by atoms with Crippen LogP contribution < -0.4 is 4.74 Å². The van der Waals surface area contributed by atoms with Crippen LogP contribution in [0.3, 0.4) is 0 Å². The summed E-state index contributed by atoms with van der Waals surface area (Å²) in [5, 5.41) is 0. The van der Waals surface area contributed by atoms with Crippen LogP contribution in [-0.4, -0.2) is 13.4 Å². The molecule has 0 saturated carbocycles. The van der Waals surface area contributed by atoms with Crippen molar-refractivity contribution in [1.82, 2.24) is 0 Å². The van der Waals surface area contributed by atoms with Gasteiger partial charge in [-0.25, -0.2) is 4.39 Å². The summed E-state index contributed by atoms with van der Waals surface area (Å²) in [5.41, 5.74) is 0.634. The van der Waals surface area contributed by atoms with E-state index in [0.717, 1.165) is 0 Å². The van der Waals surface area contributed by atoms with E-state index in [-0.39, 0.29) is 10.6 Å². The van der Waals surface area contributed by atoms with Crippen LogP contribution in [0.4, 0.5) is 4.39 Å². The Morgan fingerprint density at radius 1 is 1.36 bits per heavy atom. The second-order valence-corrected chi connectivity index (χ2v) is 4.96. The first kappa shape index (κ1) is 11.4. The third-order valence-electron chi connectivity index (χ3n) is 2.31. The number of benzene rings is 1. The Labute approximate surface area is 88.7 Å². The maximum atomic E-state index is 13.6. The smallest absolute Gasteiger partial charge is 0.131 e. The van der Waals surface area contributed by atoms with Gasteiger partial charge in [0.15, 0.2) is 0 Å². The molecule has 0 aromatic heterocycles. The zero-order chi connectivity index (χ0) is 10.8. The van der Waals surface area contributed by atoms with Crippen LogP contribution in [0.5, 0.6) is 5.75 Å². The van der Waals surface area contributed by atoms with Gasteiger partial charge in [0.05, 0.1) is 7.11 Å².